The van der Waals surface area contributed by atoms with Gasteiger partial charge in [0.1, 0.15) is 73.2 Å². The number of carbonyl (C=O) groups is 1. The fourth-order valence-corrected chi connectivity index (χ4v) is 9.84. The highest BCUT2D eigenvalue weighted by molar-refractivity contribution is 5.76. The van der Waals surface area contributed by atoms with Crippen LogP contribution in [0.1, 0.15) is 162 Å². The monoisotopic (exact) mass is 1220 g/mol. The minimum Gasteiger partial charge on any atom is -0.394 e. The van der Waals surface area contributed by atoms with Crippen molar-refractivity contribution in [1.29, 1.82) is 0 Å². The van der Waals surface area contributed by atoms with Crippen LogP contribution in [0, 0.1) is 0 Å². The second-order valence-electron chi connectivity index (χ2n) is 22.1. The highest BCUT2D eigenvalue weighted by atomic mass is 16.8. The summed E-state index contributed by atoms with van der Waals surface area (Å²) < 4.78 is 34.2. The van der Waals surface area contributed by atoms with Gasteiger partial charge in [0.05, 0.1) is 38.6 Å². The number of unbranched alkanes of at least 4 members (excludes halogenated alkanes) is 11. The average Bonchev–Trinajstić information content (AvgIpc) is 2.62. The van der Waals surface area contributed by atoms with E-state index in [0.29, 0.717) is 12.8 Å². The minimum atomic E-state index is -1.99. The van der Waals surface area contributed by atoms with Gasteiger partial charge in [0.2, 0.25) is 5.91 Å². The number of hydrogen-bond acceptors (Lipinski definition) is 18. The van der Waals surface area contributed by atoms with E-state index in [1.165, 1.54) is 44.9 Å². The van der Waals surface area contributed by atoms with Crippen LogP contribution in [0.25, 0.3) is 0 Å². The van der Waals surface area contributed by atoms with Crippen molar-refractivity contribution in [3.63, 3.8) is 0 Å². The molecule has 0 aliphatic carbocycles. The molecule has 3 saturated heterocycles. The summed E-state index contributed by atoms with van der Waals surface area (Å²) in [6.45, 7) is 1.52. The molecule has 0 aromatic carbocycles. The third-order valence-corrected chi connectivity index (χ3v) is 15.0. The second kappa shape index (κ2) is 48.1. The van der Waals surface area contributed by atoms with E-state index in [9.17, 15) is 61.0 Å². The first-order valence-electron chi connectivity index (χ1n) is 31.8. The number of carbonyl (C=O) groups excluding carboxylic acids is 1. The molecule has 12 N–H and O–H groups in total. The SMILES string of the molecule is CC/C=C\C/C=C\C/C=C\C/C=C\C/C=C\C/C=C\C/C=C\C/C=C\C/C=C\CCCC(=O)NC(COC1OC(CO)C(OC2OC(CO)C(OC3OC(CO)C(O)C(O)C3O)C(O)C2O)C(O)C1O)C(O)/C=C/CCCCCCCCCCCC. The molecule has 0 spiro atoms. The summed E-state index contributed by atoms with van der Waals surface area (Å²) in [5.74, 6) is -0.341. The zero-order valence-corrected chi connectivity index (χ0v) is 51.2. The van der Waals surface area contributed by atoms with Gasteiger partial charge in [0.25, 0.3) is 0 Å². The highest BCUT2D eigenvalue weighted by Gasteiger charge is 2.53. The molecule has 3 rings (SSSR count). The molecule has 0 bridgehead atoms. The summed E-state index contributed by atoms with van der Waals surface area (Å²) in [4.78, 5) is 13.3. The van der Waals surface area contributed by atoms with Gasteiger partial charge >= 0.3 is 0 Å². The van der Waals surface area contributed by atoms with E-state index in [0.717, 1.165) is 83.5 Å². The Hall–Kier alpha value is -3.81. The van der Waals surface area contributed by atoms with Crippen molar-refractivity contribution in [2.24, 2.45) is 0 Å². The van der Waals surface area contributed by atoms with E-state index in [4.69, 9.17) is 28.4 Å². The maximum Gasteiger partial charge on any atom is 0.220 e. The number of nitrogens with one attached hydrogen (secondary N) is 1. The summed E-state index contributed by atoms with van der Waals surface area (Å²) in [7, 11) is 0. The first-order chi connectivity index (χ1) is 41.8. The predicted molar refractivity (Wildman–Crippen MR) is 332 cm³/mol. The fraction of sp³-hybridized carbons (Fsp3) is 0.687. The third-order valence-electron chi connectivity index (χ3n) is 15.0. The quantitative estimate of drug-likeness (QED) is 0.0219. The van der Waals surface area contributed by atoms with Crippen molar-refractivity contribution in [2.45, 2.75) is 266 Å². The van der Waals surface area contributed by atoms with Crippen LogP contribution in [0.3, 0.4) is 0 Å². The normalized spacial score (nSPS) is 29.6. The average molecular weight is 1220 g/mol. The smallest absolute Gasteiger partial charge is 0.220 e. The Labute approximate surface area is 512 Å². The van der Waals surface area contributed by atoms with Gasteiger partial charge in [-0.15, -0.1) is 0 Å². The Morgan fingerprint density at radius 1 is 0.430 bits per heavy atom. The Kier molecular flexibility index (Phi) is 42.7. The number of allylic oxidation sites excluding steroid dienone is 19. The zero-order chi connectivity index (χ0) is 62.6. The predicted octanol–water partition coefficient (Wildman–Crippen LogP) is 6.87. The maximum atomic E-state index is 13.3. The molecule has 19 heteroatoms. The van der Waals surface area contributed by atoms with Crippen molar-refractivity contribution in [3.8, 4) is 0 Å². The molecule has 3 aliphatic rings. The molecule has 3 heterocycles. The van der Waals surface area contributed by atoms with E-state index < -0.39 is 124 Å². The van der Waals surface area contributed by atoms with E-state index in [2.05, 4.69) is 122 Å². The van der Waals surface area contributed by atoms with Crippen molar-refractivity contribution in [1.82, 2.24) is 5.32 Å². The van der Waals surface area contributed by atoms with Gasteiger partial charge in [-0.25, -0.2) is 0 Å². The first kappa shape index (κ1) is 76.4. The molecular weight excluding hydrogens is 1110 g/mol. The Morgan fingerprint density at radius 2 is 0.802 bits per heavy atom. The molecule has 86 heavy (non-hydrogen) atoms. The lowest BCUT2D eigenvalue weighted by molar-refractivity contribution is -0.379. The Bertz CT molecular complexity index is 2030. The number of hydrogen-bond donors (Lipinski definition) is 12. The van der Waals surface area contributed by atoms with Gasteiger partial charge in [-0.1, -0.05) is 193 Å². The topological polar surface area (TPSA) is 307 Å². The van der Waals surface area contributed by atoms with Crippen LogP contribution in [-0.2, 0) is 33.2 Å². The van der Waals surface area contributed by atoms with Gasteiger partial charge in [-0.05, 0) is 83.5 Å². The van der Waals surface area contributed by atoms with Crippen LogP contribution in [0.2, 0.25) is 0 Å². The van der Waals surface area contributed by atoms with E-state index >= 15 is 0 Å². The zero-order valence-electron chi connectivity index (χ0n) is 51.2. The molecular formula is C67H109NO18. The highest BCUT2D eigenvalue weighted by Crippen LogP contribution is 2.33. The van der Waals surface area contributed by atoms with Gasteiger partial charge in [0, 0.05) is 6.42 Å². The Morgan fingerprint density at radius 3 is 1.24 bits per heavy atom. The molecule has 3 aliphatic heterocycles. The fourth-order valence-electron chi connectivity index (χ4n) is 9.84. The van der Waals surface area contributed by atoms with Crippen LogP contribution in [0.4, 0.5) is 0 Å². The number of rotatable bonds is 45. The number of aliphatic hydroxyl groups excluding tert-OH is 11. The van der Waals surface area contributed by atoms with Crippen molar-refractivity contribution < 1.29 is 89.4 Å². The van der Waals surface area contributed by atoms with Crippen LogP contribution >= 0.6 is 0 Å². The lowest BCUT2D eigenvalue weighted by atomic mass is 9.96. The number of aliphatic hydroxyl groups is 11. The molecule has 0 aromatic rings. The lowest BCUT2D eigenvalue weighted by Crippen LogP contribution is -2.66. The van der Waals surface area contributed by atoms with E-state index in [-0.39, 0.29) is 18.9 Å². The molecule has 0 radical (unpaired) electrons. The number of amides is 1. The van der Waals surface area contributed by atoms with Crippen LogP contribution in [0.15, 0.2) is 122 Å². The molecule has 0 saturated carbocycles. The molecule has 19 nitrogen and oxygen atoms in total. The summed E-state index contributed by atoms with van der Waals surface area (Å²) in [6, 6.07) is -1.01. The summed E-state index contributed by atoms with van der Waals surface area (Å²) >= 11 is 0. The third kappa shape index (κ3) is 30.6. The Balaban J connectivity index is 1.46. The van der Waals surface area contributed by atoms with Gasteiger partial charge in [-0.2, -0.15) is 0 Å². The summed E-state index contributed by atoms with van der Waals surface area (Å²) in [6.07, 6.45) is 37.6. The van der Waals surface area contributed by atoms with Gasteiger partial charge < -0.3 is 89.9 Å². The molecule has 17 atom stereocenters. The lowest BCUT2D eigenvalue weighted by Gasteiger charge is -2.48. The first-order valence-corrected chi connectivity index (χ1v) is 31.8. The van der Waals surface area contributed by atoms with Crippen LogP contribution < -0.4 is 5.32 Å². The number of ether oxygens (including phenoxy) is 6. The largest absolute Gasteiger partial charge is 0.394 e. The maximum absolute atomic E-state index is 13.3. The van der Waals surface area contributed by atoms with Crippen molar-refractivity contribution in [2.75, 3.05) is 26.4 Å². The standard InChI is InChI=1S/C67H109NO18/c1-3-5-7-9-11-13-15-17-18-19-20-21-22-23-24-25-26-27-28-29-30-31-32-33-35-37-39-41-43-45-55(73)68-50(51(72)44-42-40-38-36-34-16-14-12-10-8-6-4-2)49-81-65-61(79)58(76)63(53(47-70)83-65)86-67-62(80)59(77)64(54(48-71)84-67)85-66-60(78)57(75)56(74)52(46-69)82-66/h5,7,11,13,17-18,20-21,23-24,26-27,29-30,32-33,37,39,42,44,50-54,56-67,69-72,74-80H,3-4,6,8-10,12,14-16,19,22,25,28,31,34-36,38,40-41,43,45-49H2,1-2H3,(H,68,73)/b7-5-,13-11-,18-17-,21-20-,24-23-,27-26-,30-29-,33-32-,39-37-,44-42+. The molecule has 17 unspecified atom stereocenters. The minimum absolute atomic E-state index is 0.154. The molecule has 3 fully saturated rings. The van der Waals surface area contributed by atoms with Crippen molar-refractivity contribution in [3.05, 3.63) is 122 Å². The summed E-state index contributed by atoms with van der Waals surface area (Å²) in [5.41, 5.74) is 0. The molecule has 0 aromatic heterocycles. The van der Waals surface area contributed by atoms with Gasteiger partial charge in [-0.3, -0.25) is 4.79 Å². The molecule has 1 amide bonds. The van der Waals surface area contributed by atoms with Crippen LogP contribution in [0.5, 0.6) is 0 Å². The van der Waals surface area contributed by atoms with Crippen molar-refractivity contribution >= 4 is 5.91 Å². The molecule has 490 valence electrons. The van der Waals surface area contributed by atoms with E-state index in [1.807, 2.05) is 12.2 Å². The second-order valence-corrected chi connectivity index (χ2v) is 22.1. The van der Waals surface area contributed by atoms with Gasteiger partial charge in [0.15, 0.2) is 18.9 Å². The summed E-state index contributed by atoms with van der Waals surface area (Å²) in [5, 5.41) is 120. The van der Waals surface area contributed by atoms with E-state index in [1.54, 1.807) is 6.08 Å². The van der Waals surface area contributed by atoms with Crippen LogP contribution in [-0.4, -0.2) is 193 Å².